The minimum absolute atomic E-state index is 1.04. The van der Waals surface area contributed by atoms with Gasteiger partial charge in [-0.25, -0.2) is 0 Å². The van der Waals surface area contributed by atoms with Crippen LogP contribution >= 0.6 is 15.9 Å². The molecule has 0 saturated carbocycles. The smallest absolute Gasteiger partial charge is 0.0257 e. The third-order valence-electron chi connectivity index (χ3n) is 4.17. The Bertz CT molecular complexity index is 693. The zero-order valence-electron chi connectivity index (χ0n) is 11.5. The van der Waals surface area contributed by atoms with Crippen molar-refractivity contribution in [2.45, 2.75) is 27.2 Å². The molecule has 1 heteroatoms. The Hall–Kier alpha value is -1.34. The molecule has 2 aromatic carbocycles. The molecule has 0 fully saturated rings. The lowest BCUT2D eigenvalue weighted by molar-refractivity contribution is 1.28. The van der Waals surface area contributed by atoms with E-state index in [0.717, 1.165) is 6.42 Å². The van der Waals surface area contributed by atoms with Crippen LogP contribution in [0.4, 0.5) is 0 Å². The fourth-order valence-corrected chi connectivity index (χ4v) is 3.46. The summed E-state index contributed by atoms with van der Waals surface area (Å²) in [6.45, 7) is 6.60. The van der Waals surface area contributed by atoms with Gasteiger partial charge >= 0.3 is 0 Å². The van der Waals surface area contributed by atoms with Gasteiger partial charge < -0.3 is 0 Å². The number of allylic oxidation sites excluding steroid dienone is 2. The van der Waals surface area contributed by atoms with Crippen LogP contribution in [0.1, 0.15) is 29.2 Å². The highest BCUT2D eigenvalue weighted by atomic mass is 79.9. The van der Waals surface area contributed by atoms with Crippen molar-refractivity contribution < 1.29 is 0 Å². The van der Waals surface area contributed by atoms with Gasteiger partial charge in [0.05, 0.1) is 0 Å². The molecule has 0 bridgehead atoms. The second kappa shape index (κ2) is 4.64. The first-order valence-electron chi connectivity index (χ1n) is 6.64. The predicted octanol–water partition coefficient (Wildman–Crippen LogP) is 5.69. The van der Waals surface area contributed by atoms with Crippen molar-refractivity contribution in [2.75, 3.05) is 0 Å². The van der Waals surface area contributed by atoms with E-state index < -0.39 is 0 Å². The molecule has 0 radical (unpaired) electrons. The molecule has 96 valence electrons. The summed E-state index contributed by atoms with van der Waals surface area (Å²) in [5, 5.41) is 0. The molecule has 2 aromatic rings. The second-order valence-electron chi connectivity index (χ2n) is 5.29. The van der Waals surface area contributed by atoms with Crippen LogP contribution in [-0.2, 0) is 6.42 Å². The van der Waals surface area contributed by atoms with Crippen molar-refractivity contribution in [3.63, 3.8) is 0 Å². The molecule has 0 heterocycles. The molecule has 0 unspecified atom stereocenters. The average Bonchev–Trinajstić information content (AvgIpc) is 2.75. The van der Waals surface area contributed by atoms with Crippen LogP contribution in [0.5, 0.6) is 0 Å². The van der Waals surface area contributed by atoms with E-state index >= 15 is 0 Å². The summed E-state index contributed by atoms with van der Waals surface area (Å²) in [5.74, 6) is 0. The summed E-state index contributed by atoms with van der Waals surface area (Å²) >= 11 is 3.74. The third-order valence-corrected chi connectivity index (χ3v) is 4.83. The Morgan fingerprint density at radius 3 is 2.53 bits per heavy atom. The van der Waals surface area contributed by atoms with E-state index in [9.17, 15) is 0 Å². The Kier molecular flexibility index (Phi) is 3.10. The van der Waals surface area contributed by atoms with Gasteiger partial charge in [0.15, 0.2) is 0 Å². The Morgan fingerprint density at radius 1 is 0.947 bits per heavy atom. The van der Waals surface area contributed by atoms with Crippen molar-refractivity contribution in [3.05, 3.63) is 63.1 Å². The zero-order chi connectivity index (χ0) is 13.6. The lowest BCUT2D eigenvalue weighted by Crippen LogP contribution is -1.94. The van der Waals surface area contributed by atoms with Gasteiger partial charge in [-0.1, -0.05) is 46.3 Å². The molecule has 0 nitrogen and oxygen atoms in total. The summed E-state index contributed by atoms with van der Waals surface area (Å²) in [4.78, 5) is 0. The first-order chi connectivity index (χ1) is 9.09. The van der Waals surface area contributed by atoms with Crippen LogP contribution in [0.25, 0.3) is 16.7 Å². The van der Waals surface area contributed by atoms with Crippen LogP contribution in [0.2, 0.25) is 0 Å². The maximum absolute atomic E-state index is 3.74. The molecule has 0 N–H and O–H groups in total. The SMILES string of the molecule is CC1=CCc2c1ccc(Br)c2-c1cccc(C)c1C. The number of rotatable bonds is 1. The number of fused-ring (bicyclic) bond motifs is 1. The van der Waals surface area contributed by atoms with E-state index in [1.54, 1.807) is 0 Å². The number of hydrogen-bond donors (Lipinski definition) is 0. The molecule has 0 aliphatic heterocycles. The maximum atomic E-state index is 3.74. The Labute approximate surface area is 123 Å². The number of aryl methyl sites for hydroxylation is 1. The Balaban J connectivity index is 2.30. The van der Waals surface area contributed by atoms with Gasteiger partial charge in [0, 0.05) is 10.0 Å². The number of benzene rings is 2. The Morgan fingerprint density at radius 2 is 1.74 bits per heavy atom. The van der Waals surface area contributed by atoms with Gasteiger partial charge in [0.25, 0.3) is 0 Å². The molecule has 19 heavy (non-hydrogen) atoms. The van der Waals surface area contributed by atoms with Crippen molar-refractivity contribution in [1.82, 2.24) is 0 Å². The van der Waals surface area contributed by atoms with Crippen molar-refractivity contribution >= 4 is 21.5 Å². The highest BCUT2D eigenvalue weighted by molar-refractivity contribution is 9.10. The maximum Gasteiger partial charge on any atom is 0.0257 e. The van der Waals surface area contributed by atoms with E-state index in [2.05, 4.69) is 73.1 Å². The van der Waals surface area contributed by atoms with E-state index in [4.69, 9.17) is 0 Å². The minimum Gasteiger partial charge on any atom is -0.0765 e. The molecule has 0 atom stereocenters. The summed E-state index contributed by atoms with van der Waals surface area (Å²) in [5.41, 5.74) is 9.71. The molecule has 3 rings (SSSR count). The second-order valence-corrected chi connectivity index (χ2v) is 6.14. The van der Waals surface area contributed by atoms with Crippen LogP contribution in [-0.4, -0.2) is 0 Å². The van der Waals surface area contributed by atoms with E-state index in [0.29, 0.717) is 0 Å². The van der Waals surface area contributed by atoms with E-state index in [-0.39, 0.29) is 0 Å². The van der Waals surface area contributed by atoms with Crippen LogP contribution < -0.4 is 0 Å². The molecular formula is C18H17Br. The molecule has 0 amide bonds. The van der Waals surface area contributed by atoms with Crippen molar-refractivity contribution in [3.8, 4) is 11.1 Å². The fraction of sp³-hybridized carbons (Fsp3) is 0.222. The molecule has 0 spiro atoms. The van der Waals surface area contributed by atoms with Gasteiger partial charge in [0.2, 0.25) is 0 Å². The average molecular weight is 313 g/mol. The first-order valence-corrected chi connectivity index (χ1v) is 7.44. The lowest BCUT2D eigenvalue weighted by Gasteiger charge is -2.15. The highest BCUT2D eigenvalue weighted by Gasteiger charge is 2.19. The minimum atomic E-state index is 1.04. The molecular weight excluding hydrogens is 296 g/mol. The van der Waals surface area contributed by atoms with E-state index in [1.165, 1.54) is 43.4 Å². The monoisotopic (exact) mass is 312 g/mol. The lowest BCUT2D eigenvalue weighted by atomic mass is 9.91. The van der Waals surface area contributed by atoms with Crippen molar-refractivity contribution in [1.29, 1.82) is 0 Å². The first kappa shape index (κ1) is 12.7. The van der Waals surface area contributed by atoms with Crippen LogP contribution in [0.3, 0.4) is 0 Å². The highest BCUT2D eigenvalue weighted by Crippen LogP contribution is 2.41. The van der Waals surface area contributed by atoms with Gasteiger partial charge in [-0.05, 0) is 66.6 Å². The van der Waals surface area contributed by atoms with Crippen molar-refractivity contribution in [2.24, 2.45) is 0 Å². The van der Waals surface area contributed by atoms with E-state index in [1.807, 2.05) is 0 Å². The normalized spacial score (nSPS) is 13.4. The zero-order valence-corrected chi connectivity index (χ0v) is 13.1. The molecule has 1 aliphatic carbocycles. The van der Waals surface area contributed by atoms with Gasteiger partial charge in [0.1, 0.15) is 0 Å². The molecule has 1 aliphatic rings. The number of halogens is 1. The van der Waals surface area contributed by atoms with Gasteiger partial charge in [-0.2, -0.15) is 0 Å². The fourth-order valence-electron chi connectivity index (χ4n) is 2.88. The van der Waals surface area contributed by atoms with Gasteiger partial charge in [-0.15, -0.1) is 0 Å². The number of hydrogen-bond acceptors (Lipinski definition) is 0. The molecule has 0 saturated heterocycles. The van der Waals surface area contributed by atoms with Crippen LogP contribution in [0.15, 0.2) is 40.9 Å². The summed E-state index contributed by atoms with van der Waals surface area (Å²) in [7, 11) is 0. The molecule has 0 aromatic heterocycles. The summed E-state index contributed by atoms with van der Waals surface area (Å²) in [6, 6.07) is 11.0. The topological polar surface area (TPSA) is 0 Å². The summed E-state index contributed by atoms with van der Waals surface area (Å²) in [6.07, 6.45) is 3.37. The quantitative estimate of drug-likeness (QED) is 0.634. The standard InChI is InChI=1S/C18H17Br/c1-11-5-4-6-15(13(11)3)18-16-8-7-12(2)14(16)9-10-17(18)19/h4-7,9-10H,8H2,1-3H3. The predicted molar refractivity (Wildman–Crippen MR) is 86.4 cm³/mol. The summed E-state index contributed by atoms with van der Waals surface area (Å²) < 4.78 is 1.20. The third kappa shape index (κ3) is 1.97. The van der Waals surface area contributed by atoms with Crippen LogP contribution in [0, 0.1) is 13.8 Å². The largest absolute Gasteiger partial charge is 0.0765 e. The van der Waals surface area contributed by atoms with Gasteiger partial charge in [-0.3, -0.25) is 0 Å².